The summed E-state index contributed by atoms with van der Waals surface area (Å²) in [6.45, 7) is 10.0. The molecule has 3 aromatic carbocycles. The third-order valence-electron chi connectivity index (χ3n) is 14.6. The SMILES string of the molecule is CC1(C)C(=CC=C2CCCC(C=CC3=[N+](CCCCCS(=O)(=O)[O-])c4ccccc4C3(C)C)=C2Oc2ccc(CCC(=O)NC[C@H]3O[C@@H](O)[C@H](N)[C@@H](O)[C@@H]3O)cc2)N(CCCCCS(=O)(=O)O)c2ccccc21.[Na+]. The molecule has 1 amide bonds. The van der Waals surface area contributed by atoms with E-state index in [0.29, 0.717) is 57.4 Å². The molecule has 5 atom stereocenters. The molecule has 0 unspecified atom stereocenters. The molecule has 3 heterocycles. The van der Waals surface area contributed by atoms with Gasteiger partial charge < -0.3 is 45.3 Å². The van der Waals surface area contributed by atoms with Crippen LogP contribution < -0.4 is 50.2 Å². The van der Waals surface area contributed by atoms with Crippen LogP contribution in [0.2, 0.25) is 0 Å². The number of ether oxygens (including phenoxy) is 2. The number of nitrogens with one attached hydrogen (secondary N) is 1. The second-order valence-corrected chi connectivity index (χ2v) is 23.7. The zero-order valence-corrected chi connectivity index (χ0v) is 46.9. The first-order valence-electron chi connectivity index (χ1n) is 25.4. The number of amides is 1. The van der Waals surface area contributed by atoms with E-state index in [2.05, 4.69) is 91.1 Å². The molecule has 4 aliphatic rings. The predicted octanol–water partition coefficient (Wildman–Crippen LogP) is 3.34. The number of aliphatic hydroxyl groups excluding tert-OH is 3. The summed E-state index contributed by atoms with van der Waals surface area (Å²) in [6.07, 6.45) is 9.63. The van der Waals surface area contributed by atoms with Gasteiger partial charge in [-0.3, -0.25) is 9.35 Å². The van der Waals surface area contributed by atoms with E-state index in [4.69, 9.17) is 15.2 Å². The van der Waals surface area contributed by atoms with Crippen molar-refractivity contribution >= 4 is 43.2 Å². The summed E-state index contributed by atoms with van der Waals surface area (Å²) >= 11 is 0. The molecule has 1 saturated heterocycles. The minimum absolute atomic E-state index is 0. The van der Waals surface area contributed by atoms with Gasteiger partial charge in [0.05, 0.1) is 27.3 Å². The molecular formula is C55H72N4NaO12S2+. The van der Waals surface area contributed by atoms with Gasteiger partial charge in [0.15, 0.2) is 12.0 Å². The van der Waals surface area contributed by atoms with Crippen molar-refractivity contribution in [2.24, 2.45) is 5.73 Å². The monoisotopic (exact) mass is 1070 g/mol. The number of aliphatic hydroxyl groups is 3. The molecular weight excluding hydrogens is 996 g/mol. The van der Waals surface area contributed by atoms with Crippen molar-refractivity contribution in [2.75, 3.05) is 36.0 Å². The normalized spacial score (nSPS) is 23.6. The van der Waals surface area contributed by atoms with Crippen molar-refractivity contribution in [3.63, 3.8) is 0 Å². The van der Waals surface area contributed by atoms with E-state index in [9.17, 15) is 46.1 Å². The number of rotatable bonds is 22. The van der Waals surface area contributed by atoms with Gasteiger partial charge in [0.25, 0.3) is 10.1 Å². The van der Waals surface area contributed by atoms with Crippen LogP contribution in [0.3, 0.4) is 0 Å². The molecule has 74 heavy (non-hydrogen) atoms. The van der Waals surface area contributed by atoms with Crippen molar-refractivity contribution < 1.29 is 89.7 Å². The fraction of sp³-hybridized carbons (Fsp3) is 0.491. The molecule has 396 valence electrons. The molecule has 7 rings (SSSR count). The summed E-state index contributed by atoms with van der Waals surface area (Å²) in [7, 11) is -8.32. The molecule has 0 aromatic heterocycles. The zero-order chi connectivity index (χ0) is 52.7. The largest absolute Gasteiger partial charge is 1.00 e. The van der Waals surface area contributed by atoms with E-state index in [1.807, 2.05) is 48.5 Å². The van der Waals surface area contributed by atoms with Gasteiger partial charge in [-0.25, -0.2) is 8.42 Å². The van der Waals surface area contributed by atoms with Crippen LogP contribution in [0.4, 0.5) is 11.4 Å². The minimum atomic E-state index is -4.28. The number of allylic oxidation sites excluding steroid dienone is 7. The average Bonchev–Trinajstić information content (AvgIpc) is 3.69. The number of anilines is 1. The van der Waals surface area contributed by atoms with E-state index in [1.54, 1.807) is 0 Å². The van der Waals surface area contributed by atoms with Gasteiger partial charge in [-0.15, -0.1) is 0 Å². The Morgan fingerprint density at radius 3 is 2.24 bits per heavy atom. The van der Waals surface area contributed by atoms with Crippen LogP contribution in [0.5, 0.6) is 5.75 Å². The van der Waals surface area contributed by atoms with Crippen LogP contribution in [-0.2, 0) is 47.0 Å². The molecule has 3 aromatic rings. The van der Waals surface area contributed by atoms with Crippen LogP contribution in [0, 0.1) is 0 Å². The fourth-order valence-corrected chi connectivity index (χ4v) is 11.6. The van der Waals surface area contributed by atoms with Gasteiger partial charge in [-0.05, 0) is 118 Å². The number of para-hydroxylation sites is 2. The van der Waals surface area contributed by atoms with Crippen LogP contribution in [-0.4, -0.2) is 119 Å². The summed E-state index contributed by atoms with van der Waals surface area (Å²) in [5.74, 6) is 0.396. The maximum atomic E-state index is 12.9. The summed E-state index contributed by atoms with van der Waals surface area (Å²) in [5.41, 5.74) is 14.6. The first-order chi connectivity index (χ1) is 34.5. The number of carbonyl (C=O) groups excluding carboxylic acids is 1. The van der Waals surface area contributed by atoms with Gasteiger partial charge in [-0.2, -0.15) is 13.0 Å². The van der Waals surface area contributed by atoms with Gasteiger partial charge in [0, 0.05) is 66.2 Å². The Hall–Kier alpha value is -4.02. The molecule has 1 aliphatic carbocycles. The first-order valence-corrected chi connectivity index (χ1v) is 28.6. The summed E-state index contributed by atoms with van der Waals surface area (Å²) < 4.78 is 80.7. The van der Waals surface area contributed by atoms with Crippen molar-refractivity contribution in [3.8, 4) is 5.75 Å². The van der Waals surface area contributed by atoms with E-state index in [-0.39, 0.29) is 70.8 Å². The van der Waals surface area contributed by atoms with E-state index >= 15 is 0 Å². The quantitative estimate of drug-likeness (QED) is 0.0366. The van der Waals surface area contributed by atoms with Crippen molar-refractivity contribution in [3.05, 3.63) is 136 Å². The maximum absolute atomic E-state index is 12.9. The summed E-state index contributed by atoms with van der Waals surface area (Å²) in [4.78, 5) is 15.2. The number of benzene rings is 3. The molecule has 19 heteroatoms. The molecule has 0 saturated carbocycles. The maximum Gasteiger partial charge on any atom is 1.00 e. The van der Waals surface area contributed by atoms with Crippen molar-refractivity contribution in [1.29, 1.82) is 0 Å². The Bertz CT molecular complexity index is 2860. The number of hydrogen-bond acceptors (Lipinski definition) is 13. The summed E-state index contributed by atoms with van der Waals surface area (Å²) in [5, 5.41) is 33.2. The van der Waals surface area contributed by atoms with E-state index < -0.39 is 50.9 Å². The fourth-order valence-electron chi connectivity index (χ4n) is 10.5. The molecule has 16 nitrogen and oxygen atoms in total. The Morgan fingerprint density at radius 1 is 0.851 bits per heavy atom. The van der Waals surface area contributed by atoms with Crippen molar-refractivity contribution in [1.82, 2.24) is 5.32 Å². The van der Waals surface area contributed by atoms with E-state index in [0.717, 1.165) is 70.9 Å². The third-order valence-corrected chi connectivity index (χ3v) is 16.2. The third kappa shape index (κ3) is 14.7. The zero-order valence-electron chi connectivity index (χ0n) is 43.3. The summed E-state index contributed by atoms with van der Waals surface area (Å²) in [6, 6.07) is 23.1. The van der Waals surface area contributed by atoms with Crippen LogP contribution >= 0.6 is 0 Å². The number of aryl methyl sites for hydroxylation is 1. The molecule has 0 spiro atoms. The smallest absolute Gasteiger partial charge is 0.748 e. The van der Waals surface area contributed by atoms with Gasteiger partial charge in [0.2, 0.25) is 11.6 Å². The predicted molar refractivity (Wildman–Crippen MR) is 280 cm³/mol. The van der Waals surface area contributed by atoms with Crippen LogP contribution in [0.1, 0.15) is 109 Å². The van der Waals surface area contributed by atoms with E-state index in [1.165, 1.54) is 11.1 Å². The topological polar surface area (TPSA) is 252 Å². The number of nitrogens with two attached hydrogens (primary N) is 1. The molecule has 0 radical (unpaired) electrons. The average molecular weight is 1070 g/mol. The number of carbonyl (C=O) groups is 1. The second kappa shape index (κ2) is 25.4. The number of unbranched alkanes of at least 4 members (excludes halogenated alkanes) is 4. The van der Waals surface area contributed by atoms with Gasteiger partial charge in [0.1, 0.15) is 36.4 Å². The molecule has 0 bridgehead atoms. The first kappa shape index (κ1) is 59.2. The number of hydrogen-bond donors (Lipinski definition) is 6. The molecule has 3 aliphatic heterocycles. The Kier molecular flexibility index (Phi) is 20.3. The standard InChI is InChI=1S/C55H72N4O12S2.Na/c1-54(2)41-18-7-9-20-43(41)58(32-11-5-13-34-72(64,65)66)46(54)29-25-38-16-15-17-39(26-30-47-55(3,4)42-19-8-10-21-44(42)59(47)33-12-6-14-35-73(67,68)69)52(38)70-40-27-22-37(23-28-40)24-31-48(60)57-36-45-50(61)51(62)49(56)53(63)71-45;/h7-10,18-23,25-30,45,49-51,53,61-63H,5-6,11-17,24,31-36,56H2,1-4H3,(H2-,57,60,64,65,66,67,68,69);/q;+1/t45-,49-,50-,51-,53-;/m1./s1. The van der Waals surface area contributed by atoms with Crippen LogP contribution in [0.25, 0.3) is 0 Å². The Labute approximate surface area is 458 Å². The minimum Gasteiger partial charge on any atom is -0.748 e. The second-order valence-electron chi connectivity index (χ2n) is 20.6. The van der Waals surface area contributed by atoms with Crippen LogP contribution in [0.15, 0.2) is 120 Å². The molecule has 1 fully saturated rings. The molecule has 7 N–H and O–H groups in total. The van der Waals surface area contributed by atoms with Gasteiger partial charge >= 0.3 is 29.6 Å². The van der Waals surface area contributed by atoms with Gasteiger partial charge in [-0.1, -0.05) is 74.9 Å². The Morgan fingerprint density at radius 2 is 1.53 bits per heavy atom. The van der Waals surface area contributed by atoms with Crippen molar-refractivity contribution in [2.45, 2.75) is 140 Å². The number of nitrogens with zero attached hydrogens (tertiary/aromatic N) is 2. The Balaban J connectivity index is 0.00000892. The number of fused-ring (bicyclic) bond motifs is 2.